The fourth-order valence-electron chi connectivity index (χ4n) is 8.07. The maximum atomic E-state index is 5.28. The first kappa shape index (κ1) is 20.4. The molecule has 0 radical (unpaired) electrons. The van der Waals surface area contributed by atoms with Crippen molar-refractivity contribution in [1.29, 1.82) is 0 Å². The van der Waals surface area contributed by atoms with Gasteiger partial charge in [0.1, 0.15) is 0 Å². The predicted molar refractivity (Wildman–Crippen MR) is 132 cm³/mol. The molecular formula is C30H36N2. The lowest BCUT2D eigenvalue weighted by Crippen LogP contribution is -2.50. The van der Waals surface area contributed by atoms with E-state index in [0.717, 1.165) is 24.2 Å². The molecule has 0 saturated heterocycles. The number of rotatable bonds is 5. The van der Waals surface area contributed by atoms with Crippen LogP contribution in [0, 0.1) is 22.7 Å². The molecule has 2 aromatic heterocycles. The van der Waals surface area contributed by atoms with Crippen LogP contribution in [0.1, 0.15) is 99.6 Å². The fraction of sp³-hybridized carbons (Fsp3) is 0.533. The molecule has 32 heavy (non-hydrogen) atoms. The van der Waals surface area contributed by atoms with Crippen LogP contribution in [0.25, 0.3) is 11.4 Å². The van der Waals surface area contributed by atoms with E-state index in [-0.39, 0.29) is 0 Å². The van der Waals surface area contributed by atoms with Crippen molar-refractivity contribution in [3.8, 4) is 11.4 Å². The van der Waals surface area contributed by atoms with Gasteiger partial charge in [0.25, 0.3) is 0 Å². The molecule has 6 aliphatic carbocycles. The highest BCUT2D eigenvalue weighted by molar-refractivity contribution is 5.59. The molecular weight excluding hydrogens is 388 g/mol. The first-order valence-corrected chi connectivity index (χ1v) is 12.5. The number of nitrogens with zero attached hydrogens (tertiary/aromatic N) is 2. The Hall–Kier alpha value is -2.22. The van der Waals surface area contributed by atoms with E-state index in [2.05, 4.69) is 77.3 Å². The number of pyridine rings is 2. The van der Waals surface area contributed by atoms with Crippen LogP contribution in [0.3, 0.4) is 0 Å². The van der Waals surface area contributed by atoms with Gasteiger partial charge in [-0.25, -0.2) is 0 Å². The molecule has 6 aliphatic rings. The maximum absolute atomic E-state index is 5.28. The Morgan fingerprint density at radius 2 is 1.16 bits per heavy atom. The number of hydrogen-bond donors (Lipinski definition) is 0. The van der Waals surface area contributed by atoms with Gasteiger partial charge in [0.2, 0.25) is 0 Å². The molecule has 2 saturated carbocycles. The fourth-order valence-corrected chi connectivity index (χ4v) is 8.07. The van der Waals surface area contributed by atoms with Gasteiger partial charge in [0.05, 0.1) is 11.4 Å². The molecule has 2 fully saturated rings. The lowest BCUT2D eigenvalue weighted by molar-refractivity contribution is -0.00701. The van der Waals surface area contributed by atoms with E-state index in [9.17, 15) is 0 Å². The van der Waals surface area contributed by atoms with Gasteiger partial charge in [-0.1, -0.05) is 52.0 Å². The van der Waals surface area contributed by atoms with Crippen molar-refractivity contribution in [2.75, 3.05) is 0 Å². The second-order valence-electron chi connectivity index (χ2n) is 12.0. The molecule has 2 nitrogen and oxygen atoms in total. The monoisotopic (exact) mass is 424 g/mol. The molecule has 0 amide bonds. The van der Waals surface area contributed by atoms with Crippen LogP contribution in [0.2, 0.25) is 0 Å². The lowest BCUT2D eigenvalue weighted by Gasteiger charge is -2.60. The number of allylic oxidation sites excluding steroid dienone is 2. The third-order valence-corrected chi connectivity index (χ3v) is 10.1. The molecule has 0 aliphatic heterocycles. The molecule has 6 atom stereocenters. The van der Waals surface area contributed by atoms with Gasteiger partial charge in [0, 0.05) is 23.2 Å². The van der Waals surface area contributed by atoms with Crippen molar-refractivity contribution < 1.29 is 0 Å². The average Bonchev–Trinajstić information content (AvgIpc) is 2.78. The van der Waals surface area contributed by atoms with E-state index >= 15 is 0 Å². The summed E-state index contributed by atoms with van der Waals surface area (Å²) in [6.45, 7) is 17.9. The van der Waals surface area contributed by atoms with Crippen LogP contribution >= 0.6 is 0 Å². The minimum Gasteiger partial charge on any atom is -0.251 e. The van der Waals surface area contributed by atoms with Gasteiger partial charge in [-0.05, 0) is 83.4 Å². The van der Waals surface area contributed by atoms with E-state index in [0.29, 0.717) is 46.3 Å². The van der Waals surface area contributed by atoms with E-state index in [1.165, 1.54) is 35.4 Å². The SMILES string of the molecule is C=CC[C@@H]1c2nc(-c3ccc4c(n3)[C@@H](CC=C)[C@H]3C[C@@H]4C3(C)C)ccc2[C@@H]2C[C@H]1C2(C)C. The molecule has 2 heterocycles. The van der Waals surface area contributed by atoms with Gasteiger partial charge in [-0.15, -0.1) is 13.2 Å². The van der Waals surface area contributed by atoms with E-state index in [1.54, 1.807) is 0 Å². The van der Waals surface area contributed by atoms with Crippen molar-refractivity contribution in [3.05, 3.63) is 72.1 Å². The van der Waals surface area contributed by atoms with Crippen LogP contribution in [0.5, 0.6) is 0 Å². The Morgan fingerprint density at radius 1 is 0.750 bits per heavy atom. The Kier molecular flexibility index (Phi) is 4.24. The van der Waals surface area contributed by atoms with Crippen LogP contribution < -0.4 is 0 Å². The Bertz CT molecular complexity index is 1030. The van der Waals surface area contributed by atoms with Gasteiger partial charge in [-0.2, -0.15) is 0 Å². The Labute approximate surface area is 193 Å². The zero-order valence-corrected chi connectivity index (χ0v) is 20.1. The molecule has 4 bridgehead atoms. The summed E-state index contributed by atoms with van der Waals surface area (Å²) < 4.78 is 0. The Morgan fingerprint density at radius 3 is 1.50 bits per heavy atom. The van der Waals surface area contributed by atoms with Gasteiger partial charge >= 0.3 is 0 Å². The largest absolute Gasteiger partial charge is 0.251 e. The highest BCUT2D eigenvalue weighted by Gasteiger charge is 2.58. The smallest absolute Gasteiger partial charge is 0.0889 e. The quantitative estimate of drug-likeness (QED) is 0.459. The standard InChI is InChI=1S/C30H36N2/c1-7-9-17-21-15-23(29(21,3)4)19-11-13-25(31-27(17)19)26-14-12-20-24-16-22(30(24,5)6)18(10-8-2)28(20)32-26/h7-8,11-14,17-18,21-24H,1-2,9-10,15-16H2,3-6H3/t17-,18-,21+,22+,23-,24-/m0/s1. The third-order valence-electron chi connectivity index (χ3n) is 10.1. The molecule has 2 aromatic rings. The maximum Gasteiger partial charge on any atom is 0.0889 e. The summed E-state index contributed by atoms with van der Waals surface area (Å²) in [5.74, 6) is 3.69. The zero-order valence-electron chi connectivity index (χ0n) is 20.1. The number of hydrogen-bond acceptors (Lipinski definition) is 2. The molecule has 0 aromatic carbocycles. The van der Waals surface area contributed by atoms with E-state index in [1.807, 2.05) is 0 Å². The first-order chi connectivity index (χ1) is 15.3. The highest BCUT2D eigenvalue weighted by atomic mass is 14.8. The summed E-state index contributed by atoms with van der Waals surface area (Å²) in [6, 6.07) is 9.17. The summed E-state index contributed by atoms with van der Waals surface area (Å²) in [4.78, 5) is 10.6. The summed E-state index contributed by atoms with van der Waals surface area (Å²) in [6.07, 6.45) is 8.81. The van der Waals surface area contributed by atoms with Crippen LogP contribution in [0.4, 0.5) is 0 Å². The van der Waals surface area contributed by atoms with E-state index < -0.39 is 0 Å². The van der Waals surface area contributed by atoms with Crippen molar-refractivity contribution in [1.82, 2.24) is 9.97 Å². The summed E-state index contributed by atoms with van der Waals surface area (Å²) >= 11 is 0. The van der Waals surface area contributed by atoms with Crippen molar-refractivity contribution in [2.24, 2.45) is 22.7 Å². The second-order valence-corrected chi connectivity index (χ2v) is 12.0. The summed E-state index contributed by atoms with van der Waals surface area (Å²) in [5, 5.41) is 0. The van der Waals surface area contributed by atoms with Crippen molar-refractivity contribution in [2.45, 2.75) is 77.0 Å². The third kappa shape index (κ3) is 2.47. The van der Waals surface area contributed by atoms with Crippen LogP contribution in [0.15, 0.2) is 49.6 Å². The number of aromatic nitrogens is 2. The summed E-state index contributed by atoms with van der Waals surface area (Å²) in [5.41, 5.74) is 8.39. The molecule has 0 N–H and O–H groups in total. The Balaban J connectivity index is 1.42. The lowest BCUT2D eigenvalue weighted by atomic mass is 9.44. The molecule has 166 valence electrons. The minimum absolute atomic E-state index is 0.375. The topological polar surface area (TPSA) is 25.8 Å². The zero-order chi connectivity index (χ0) is 22.4. The molecule has 2 heteroatoms. The highest BCUT2D eigenvalue weighted by Crippen LogP contribution is 2.68. The predicted octanol–water partition coefficient (Wildman–Crippen LogP) is 7.75. The van der Waals surface area contributed by atoms with Crippen molar-refractivity contribution in [3.63, 3.8) is 0 Å². The molecule has 0 spiro atoms. The first-order valence-electron chi connectivity index (χ1n) is 12.5. The van der Waals surface area contributed by atoms with Gasteiger partial charge in [-0.3, -0.25) is 9.97 Å². The molecule has 0 unspecified atom stereocenters. The van der Waals surface area contributed by atoms with Gasteiger partial charge < -0.3 is 0 Å². The average molecular weight is 425 g/mol. The van der Waals surface area contributed by atoms with Crippen LogP contribution in [-0.2, 0) is 0 Å². The van der Waals surface area contributed by atoms with Crippen molar-refractivity contribution >= 4 is 0 Å². The normalized spacial score (nSPS) is 34.4. The minimum atomic E-state index is 0.375. The van der Waals surface area contributed by atoms with Gasteiger partial charge in [0.15, 0.2) is 0 Å². The second kappa shape index (κ2) is 6.65. The molecule has 8 rings (SSSR count). The van der Waals surface area contributed by atoms with E-state index in [4.69, 9.17) is 9.97 Å². The van der Waals surface area contributed by atoms with Crippen LogP contribution in [-0.4, -0.2) is 9.97 Å². The summed E-state index contributed by atoms with van der Waals surface area (Å²) in [7, 11) is 0.